The molecule has 0 aliphatic carbocycles. The maximum absolute atomic E-state index is 5.79. The lowest BCUT2D eigenvalue weighted by molar-refractivity contribution is 0.199. The molecule has 0 saturated carbocycles. The molecule has 1 fully saturated rings. The largest absolute Gasteiger partial charge is 0.384 e. The molecule has 0 atom stereocenters. The highest BCUT2D eigenvalue weighted by Crippen LogP contribution is 2.38. The molecule has 1 aromatic heterocycles. The van der Waals surface area contributed by atoms with Crippen molar-refractivity contribution in [1.29, 1.82) is 0 Å². The third-order valence-electron chi connectivity index (χ3n) is 4.49. The van der Waals surface area contributed by atoms with Crippen LogP contribution in [0.25, 0.3) is 0 Å². The number of anilines is 2. The molecule has 0 unspecified atom stereocenters. The van der Waals surface area contributed by atoms with Gasteiger partial charge in [0.1, 0.15) is 17.5 Å². The number of hydrogen-bond donors (Lipinski definition) is 1. The van der Waals surface area contributed by atoms with Crippen LogP contribution in [0.2, 0.25) is 0 Å². The molecule has 0 amide bonds. The topological polar surface area (TPSA) is 55.0 Å². The number of aromatic nitrogens is 2. The summed E-state index contributed by atoms with van der Waals surface area (Å²) in [5.41, 5.74) is 6.34. The smallest absolute Gasteiger partial charge is 0.134 e. The number of hydrogen-bond acceptors (Lipinski definition) is 4. The summed E-state index contributed by atoms with van der Waals surface area (Å²) < 4.78 is 0. The first kappa shape index (κ1) is 13.1. The van der Waals surface area contributed by atoms with E-state index >= 15 is 0 Å². The van der Waals surface area contributed by atoms with Gasteiger partial charge < -0.3 is 10.6 Å². The summed E-state index contributed by atoms with van der Waals surface area (Å²) in [6.07, 6.45) is 5.07. The van der Waals surface area contributed by atoms with E-state index < -0.39 is 0 Å². The first-order valence-electron chi connectivity index (χ1n) is 6.94. The highest BCUT2D eigenvalue weighted by atomic mass is 15.2. The number of rotatable bonds is 3. The number of nitrogens with zero attached hydrogens (tertiary/aromatic N) is 3. The number of piperidine rings is 1. The van der Waals surface area contributed by atoms with Crippen molar-refractivity contribution in [3.8, 4) is 0 Å². The molecule has 1 aromatic rings. The molecule has 0 aromatic carbocycles. The average molecular weight is 248 g/mol. The summed E-state index contributed by atoms with van der Waals surface area (Å²) in [6.45, 7) is 8.68. The van der Waals surface area contributed by atoms with Gasteiger partial charge in [-0.05, 0) is 25.2 Å². The number of nitrogen functional groups attached to an aromatic ring is 1. The van der Waals surface area contributed by atoms with E-state index in [0.29, 0.717) is 11.2 Å². The Morgan fingerprint density at radius 3 is 2.33 bits per heavy atom. The van der Waals surface area contributed by atoms with Crippen LogP contribution >= 0.6 is 0 Å². The highest BCUT2D eigenvalue weighted by molar-refractivity contribution is 5.47. The molecule has 4 nitrogen and oxygen atoms in total. The molecule has 2 heterocycles. The summed E-state index contributed by atoms with van der Waals surface area (Å²) in [6, 6.07) is 1.89. The lowest BCUT2D eigenvalue weighted by Gasteiger charge is -2.41. The van der Waals surface area contributed by atoms with E-state index in [1.54, 1.807) is 0 Å². The minimum Gasteiger partial charge on any atom is -0.384 e. The Kier molecular flexibility index (Phi) is 3.73. The van der Waals surface area contributed by atoms with Crippen molar-refractivity contribution in [3.05, 3.63) is 11.9 Å². The normalized spacial score (nSPS) is 18.9. The molecule has 100 valence electrons. The van der Waals surface area contributed by atoms with Gasteiger partial charge in [0.25, 0.3) is 0 Å². The predicted molar refractivity (Wildman–Crippen MR) is 75.6 cm³/mol. The molecule has 1 saturated heterocycles. The Labute approximate surface area is 110 Å². The Bertz CT molecular complexity index is 382. The predicted octanol–water partition coefficient (Wildman–Crippen LogP) is 2.77. The third-order valence-corrected chi connectivity index (χ3v) is 4.49. The molecule has 1 aliphatic heterocycles. The van der Waals surface area contributed by atoms with Gasteiger partial charge in [-0.15, -0.1) is 0 Å². The zero-order valence-electron chi connectivity index (χ0n) is 11.7. The second-order valence-corrected chi connectivity index (χ2v) is 5.39. The average Bonchev–Trinajstić information content (AvgIpc) is 2.38. The Morgan fingerprint density at radius 2 is 1.83 bits per heavy atom. The first-order valence-corrected chi connectivity index (χ1v) is 6.94. The Hall–Kier alpha value is -1.32. The minimum atomic E-state index is 0.546. The van der Waals surface area contributed by atoms with Crippen LogP contribution in [-0.2, 0) is 0 Å². The summed E-state index contributed by atoms with van der Waals surface area (Å²) in [7, 11) is 0. The monoisotopic (exact) mass is 248 g/mol. The van der Waals surface area contributed by atoms with E-state index in [2.05, 4.69) is 28.7 Å². The van der Waals surface area contributed by atoms with Gasteiger partial charge in [-0.2, -0.15) is 0 Å². The quantitative estimate of drug-likeness (QED) is 0.893. The van der Waals surface area contributed by atoms with Crippen molar-refractivity contribution in [3.63, 3.8) is 0 Å². The molecule has 2 rings (SSSR count). The third kappa shape index (κ3) is 2.57. The Balaban J connectivity index is 2.09. The summed E-state index contributed by atoms with van der Waals surface area (Å²) in [4.78, 5) is 11.0. The van der Waals surface area contributed by atoms with Gasteiger partial charge in [0.15, 0.2) is 0 Å². The Morgan fingerprint density at radius 1 is 1.22 bits per heavy atom. The van der Waals surface area contributed by atoms with Gasteiger partial charge >= 0.3 is 0 Å². The van der Waals surface area contributed by atoms with Crippen LogP contribution in [0.4, 0.5) is 11.6 Å². The second kappa shape index (κ2) is 5.12. The van der Waals surface area contributed by atoms with Crippen LogP contribution in [0.15, 0.2) is 6.07 Å². The summed E-state index contributed by atoms with van der Waals surface area (Å²) in [5, 5.41) is 0. The summed E-state index contributed by atoms with van der Waals surface area (Å²) in [5.74, 6) is 2.31. The van der Waals surface area contributed by atoms with Gasteiger partial charge in [-0.25, -0.2) is 9.97 Å². The number of nitrogens with two attached hydrogens (primary N) is 1. The van der Waals surface area contributed by atoms with Crippen LogP contribution in [0.5, 0.6) is 0 Å². The van der Waals surface area contributed by atoms with Crippen molar-refractivity contribution in [2.45, 2.75) is 46.5 Å². The fourth-order valence-corrected chi connectivity index (χ4v) is 2.90. The molecule has 0 spiro atoms. The van der Waals surface area contributed by atoms with Crippen LogP contribution in [0, 0.1) is 12.3 Å². The molecule has 0 radical (unpaired) electrons. The molecular weight excluding hydrogens is 224 g/mol. The van der Waals surface area contributed by atoms with E-state index in [1.165, 1.54) is 25.7 Å². The summed E-state index contributed by atoms with van der Waals surface area (Å²) >= 11 is 0. The molecule has 18 heavy (non-hydrogen) atoms. The lowest BCUT2D eigenvalue weighted by Crippen LogP contribution is -2.40. The molecular formula is C14H24N4. The van der Waals surface area contributed by atoms with E-state index in [-0.39, 0.29) is 0 Å². The molecule has 1 aliphatic rings. The second-order valence-electron chi connectivity index (χ2n) is 5.39. The number of aryl methyl sites for hydroxylation is 1. The van der Waals surface area contributed by atoms with Gasteiger partial charge in [-0.1, -0.05) is 26.7 Å². The van der Waals surface area contributed by atoms with E-state index in [0.717, 1.165) is 24.7 Å². The van der Waals surface area contributed by atoms with Gasteiger partial charge in [0.2, 0.25) is 0 Å². The van der Waals surface area contributed by atoms with Gasteiger partial charge in [-0.3, -0.25) is 0 Å². The van der Waals surface area contributed by atoms with E-state index in [4.69, 9.17) is 5.73 Å². The lowest BCUT2D eigenvalue weighted by atomic mass is 9.74. The van der Waals surface area contributed by atoms with Crippen molar-refractivity contribution < 1.29 is 0 Å². The van der Waals surface area contributed by atoms with Crippen molar-refractivity contribution in [2.24, 2.45) is 5.41 Å². The van der Waals surface area contributed by atoms with Crippen LogP contribution in [0.1, 0.15) is 45.4 Å². The van der Waals surface area contributed by atoms with Crippen molar-refractivity contribution in [2.75, 3.05) is 23.7 Å². The van der Waals surface area contributed by atoms with Crippen molar-refractivity contribution in [1.82, 2.24) is 9.97 Å². The SMILES string of the molecule is CCC1(CC)CCN(c2cc(N)nc(C)n2)CC1. The van der Waals surface area contributed by atoms with Crippen LogP contribution in [-0.4, -0.2) is 23.1 Å². The van der Waals surface area contributed by atoms with Gasteiger partial charge in [0.05, 0.1) is 0 Å². The zero-order valence-corrected chi connectivity index (χ0v) is 11.7. The highest BCUT2D eigenvalue weighted by Gasteiger charge is 2.31. The van der Waals surface area contributed by atoms with Crippen molar-refractivity contribution >= 4 is 11.6 Å². The molecule has 2 N–H and O–H groups in total. The minimum absolute atomic E-state index is 0.546. The van der Waals surface area contributed by atoms with E-state index in [1.807, 2.05) is 13.0 Å². The fraction of sp³-hybridized carbons (Fsp3) is 0.714. The maximum atomic E-state index is 5.79. The fourth-order valence-electron chi connectivity index (χ4n) is 2.90. The maximum Gasteiger partial charge on any atom is 0.134 e. The standard InChI is InChI=1S/C14H24N4/c1-4-14(5-2)6-8-18(9-7-14)13-10-12(15)16-11(3)17-13/h10H,4-9H2,1-3H3,(H2,15,16,17). The zero-order chi connectivity index (χ0) is 13.2. The van der Waals surface area contributed by atoms with E-state index in [9.17, 15) is 0 Å². The van der Waals surface area contributed by atoms with Gasteiger partial charge in [0, 0.05) is 19.2 Å². The van der Waals surface area contributed by atoms with Crippen LogP contribution < -0.4 is 10.6 Å². The molecule has 4 heteroatoms. The molecule has 0 bridgehead atoms. The van der Waals surface area contributed by atoms with Crippen LogP contribution in [0.3, 0.4) is 0 Å². The first-order chi connectivity index (χ1) is 8.58.